The van der Waals surface area contributed by atoms with Gasteiger partial charge in [-0.3, -0.25) is 9.69 Å². The number of halogens is 1. The van der Waals surface area contributed by atoms with Gasteiger partial charge in [0.1, 0.15) is 11.5 Å². The van der Waals surface area contributed by atoms with Crippen LogP contribution in [0.3, 0.4) is 0 Å². The molecule has 1 fully saturated rings. The Morgan fingerprint density at radius 3 is 2.91 bits per heavy atom. The topological polar surface area (TPSA) is 75.7 Å². The van der Waals surface area contributed by atoms with E-state index in [-0.39, 0.29) is 17.8 Å². The molecule has 1 amide bonds. The van der Waals surface area contributed by atoms with Crippen LogP contribution in [0.1, 0.15) is 17.7 Å². The molecule has 0 radical (unpaired) electrons. The molecule has 0 unspecified atom stereocenters. The van der Waals surface area contributed by atoms with Crippen molar-refractivity contribution in [1.29, 1.82) is 0 Å². The maximum absolute atomic E-state index is 14.2. The van der Waals surface area contributed by atoms with Gasteiger partial charge in [0.2, 0.25) is 5.91 Å². The normalized spacial score (nSPS) is 18.7. The SMILES string of the molecule is CN1Cc2c(C3=CCCN(CC(=O)N4CC(O)C4)C3)[nH]c3nccc(c23)-c2cc(F)ccc21. The van der Waals surface area contributed by atoms with E-state index in [9.17, 15) is 14.3 Å². The van der Waals surface area contributed by atoms with E-state index in [2.05, 4.69) is 25.8 Å². The molecule has 3 aliphatic heterocycles. The van der Waals surface area contributed by atoms with Crippen LogP contribution < -0.4 is 4.90 Å². The summed E-state index contributed by atoms with van der Waals surface area (Å²) in [4.78, 5) is 26.7. The predicted molar refractivity (Wildman–Crippen MR) is 125 cm³/mol. The minimum atomic E-state index is -0.384. The predicted octanol–water partition coefficient (Wildman–Crippen LogP) is 2.61. The molecule has 1 saturated heterocycles. The zero-order chi connectivity index (χ0) is 22.7. The lowest BCUT2D eigenvalue weighted by Gasteiger charge is -2.37. The molecule has 1 aromatic carbocycles. The minimum Gasteiger partial charge on any atom is -0.389 e. The number of hydrogen-bond acceptors (Lipinski definition) is 5. The summed E-state index contributed by atoms with van der Waals surface area (Å²) in [6.07, 6.45) is 4.49. The van der Waals surface area contributed by atoms with E-state index in [0.29, 0.717) is 32.7 Å². The molecule has 6 rings (SSSR count). The number of β-amino-alcohol motifs (C(OH)–C–C–N with tert-alkyl or cyclic N) is 1. The summed E-state index contributed by atoms with van der Waals surface area (Å²) in [5.41, 5.74) is 6.99. The molecule has 0 atom stereocenters. The van der Waals surface area contributed by atoms with Crippen LogP contribution in [0.2, 0.25) is 0 Å². The van der Waals surface area contributed by atoms with Gasteiger partial charge in [0.05, 0.1) is 12.6 Å². The fourth-order valence-electron chi connectivity index (χ4n) is 5.29. The number of fused-ring (bicyclic) bond motifs is 2. The van der Waals surface area contributed by atoms with Crippen molar-refractivity contribution in [2.75, 3.05) is 44.7 Å². The van der Waals surface area contributed by atoms with Gasteiger partial charge in [-0.2, -0.15) is 0 Å². The van der Waals surface area contributed by atoms with E-state index < -0.39 is 0 Å². The number of nitrogens with one attached hydrogen (secondary N) is 1. The molecule has 8 heteroatoms. The third-order valence-electron chi connectivity index (χ3n) is 6.98. The number of pyridine rings is 1. The summed E-state index contributed by atoms with van der Waals surface area (Å²) < 4.78 is 14.2. The lowest BCUT2D eigenvalue weighted by molar-refractivity contribution is -0.142. The first-order chi connectivity index (χ1) is 16.0. The van der Waals surface area contributed by atoms with Crippen LogP contribution in [-0.4, -0.2) is 76.7 Å². The number of anilines is 1. The third kappa shape index (κ3) is 3.41. The van der Waals surface area contributed by atoms with Crippen LogP contribution in [0.4, 0.5) is 10.1 Å². The Bertz CT molecular complexity index is 1290. The number of rotatable bonds is 3. The quantitative estimate of drug-likeness (QED) is 0.646. The molecule has 5 heterocycles. The molecule has 0 saturated carbocycles. The van der Waals surface area contributed by atoms with Crippen LogP contribution in [0.15, 0.2) is 36.5 Å². The number of carbonyl (C=O) groups is 1. The maximum Gasteiger partial charge on any atom is 0.236 e. The second kappa shape index (κ2) is 7.67. The smallest absolute Gasteiger partial charge is 0.236 e. The zero-order valence-corrected chi connectivity index (χ0v) is 18.5. The van der Waals surface area contributed by atoms with Crippen molar-refractivity contribution in [2.45, 2.75) is 19.1 Å². The molecule has 33 heavy (non-hydrogen) atoms. The summed E-state index contributed by atoms with van der Waals surface area (Å²) in [5.74, 6) is -0.186. The van der Waals surface area contributed by atoms with Crippen molar-refractivity contribution in [2.24, 2.45) is 0 Å². The largest absolute Gasteiger partial charge is 0.389 e. The summed E-state index contributed by atoms with van der Waals surface area (Å²) >= 11 is 0. The highest BCUT2D eigenvalue weighted by Gasteiger charge is 2.31. The van der Waals surface area contributed by atoms with Gasteiger partial charge in [0, 0.05) is 73.9 Å². The minimum absolute atomic E-state index is 0.0671. The van der Waals surface area contributed by atoms with E-state index in [4.69, 9.17) is 0 Å². The Hall–Kier alpha value is -3.23. The number of aromatic amines is 1. The van der Waals surface area contributed by atoms with Crippen molar-refractivity contribution < 1.29 is 14.3 Å². The number of nitrogens with zero attached hydrogens (tertiary/aromatic N) is 4. The van der Waals surface area contributed by atoms with Crippen molar-refractivity contribution in [3.8, 4) is 11.1 Å². The third-order valence-corrected chi connectivity index (χ3v) is 6.98. The lowest BCUT2D eigenvalue weighted by Crippen LogP contribution is -2.56. The zero-order valence-electron chi connectivity index (χ0n) is 18.5. The number of aliphatic hydroxyl groups excluding tert-OH is 1. The Morgan fingerprint density at radius 1 is 1.24 bits per heavy atom. The van der Waals surface area contributed by atoms with Crippen molar-refractivity contribution in [1.82, 2.24) is 19.8 Å². The van der Waals surface area contributed by atoms with Gasteiger partial charge in [-0.25, -0.2) is 9.37 Å². The average Bonchev–Trinajstić information content (AvgIpc) is 3.09. The van der Waals surface area contributed by atoms with E-state index in [1.807, 2.05) is 19.2 Å². The highest BCUT2D eigenvalue weighted by Crippen LogP contribution is 2.43. The molecule has 0 aliphatic carbocycles. The second-order valence-electron chi connectivity index (χ2n) is 9.26. The van der Waals surface area contributed by atoms with Gasteiger partial charge in [-0.1, -0.05) is 6.08 Å². The number of carbonyl (C=O) groups excluding carboxylic acids is 1. The number of likely N-dealkylation sites (tertiary alicyclic amines) is 1. The number of H-pyrrole nitrogens is 1. The Labute approximate surface area is 191 Å². The molecule has 3 aromatic rings. The maximum atomic E-state index is 14.2. The Balaban J connectivity index is 1.36. The molecule has 0 spiro atoms. The fraction of sp³-hybridized carbons (Fsp3) is 0.360. The van der Waals surface area contributed by atoms with Gasteiger partial charge in [-0.05, 0) is 41.8 Å². The van der Waals surface area contributed by atoms with Crippen molar-refractivity contribution in [3.05, 3.63) is 53.6 Å². The standard InChI is InChI=1S/C25H26FN5O2/c1-29-13-20-23-18(19-9-16(26)4-5-21(19)29)6-7-27-25(23)28-24(20)15-3-2-8-30(10-15)14-22(33)31-11-17(32)12-31/h3-7,9,17,32H,2,8,10-14H2,1H3,(H,27,28). The monoisotopic (exact) mass is 447 g/mol. The molecule has 7 nitrogen and oxygen atoms in total. The van der Waals surface area contributed by atoms with E-state index >= 15 is 0 Å². The van der Waals surface area contributed by atoms with Gasteiger partial charge in [-0.15, -0.1) is 0 Å². The van der Waals surface area contributed by atoms with E-state index in [0.717, 1.165) is 57.6 Å². The molecular formula is C25H26FN5O2. The molecule has 3 aliphatic rings. The summed E-state index contributed by atoms with van der Waals surface area (Å²) in [5, 5.41) is 10.5. The summed E-state index contributed by atoms with van der Waals surface area (Å²) in [7, 11) is 2.03. The Kier molecular flexibility index (Phi) is 4.74. The lowest BCUT2D eigenvalue weighted by atomic mass is 9.98. The van der Waals surface area contributed by atoms with Gasteiger partial charge < -0.3 is 19.9 Å². The first-order valence-electron chi connectivity index (χ1n) is 11.4. The van der Waals surface area contributed by atoms with Crippen LogP contribution in [0, 0.1) is 5.82 Å². The van der Waals surface area contributed by atoms with Gasteiger partial charge in [0.25, 0.3) is 0 Å². The number of hydrogen-bond donors (Lipinski definition) is 2. The van der Waals surface area contributed by atoms with Crippen molar-refractivity contribution in [3.63, 3.8) is 0 Å². The second-order valence-corrected chi connectivity index (χ2v) is 9.26. The highest BCUT2D eigenvalue weighted by molar-refractivity contribution is 6.02. The fourth-order valence-corrected chi connectivity index (χ4v) is 5.29. The van der Waals surface area contributed by atoms with Crippen LogP contribution in [0.25, 0.3) is 27.7 Å². The van der Waals surface area contributed by atoms with Gasteiger partial charge >= 0.3 is 0 Å². The number of benzene rings is 1. The van der Waals surface area contributed by atoms with Crippen LogP contribution in [-0.2, 0) is 11.3 Å². The van der Waals surface area contributed by atoms with Crippen LogP contribution >= 0.6 is 0 Å². The van der Waals surface area contributed by atoms with Crippen LogP contribution in [0.5, 0.6) is 0 Å². The van der Waals surface area contributed by atoms with E-state index in [1.165, 1.54) is 6.07 Å². The average molecular weight is 448 g/mol. The first-order valence-corrected chi connectivity index (χ1v) is 11.4. The highest BCUT2D eigenvalue weighted by atomic mass is 19.1. The molecule has 170 valence electrons. The molecule has 2 N–H and O–H groups in total. The summed E-state index contributed by atoms with van der Waals surface area (Å²) in [6, 6.07) is 6.91. The van der Waals surface area contributed by atoms with Crippen molar-refractivity contribution >= 4 is 28.2 Å². The number of amides is 1. The molecule has 0 bridgehead atoms. The first kappa shape index (κ1) is 20.4. The van der Waals surface area contributed by atoms with E-state index in [1.54, 1.807) is 17.2 Å². The number of aliphatic hydroxyl groups is 1. The molecule has 2 aromatic heterocycles. The Morgan fingerprint density at radius 2 is 2.09 bits per heavy atom. The molecular weight excluding hydrogens is 421 g/mol. The summed E-state index contributed by atoms with van der Waals surface area (Å²) in [6.45, 7) is 3.40. The number of aromatic nitrogens is 2. The van der Waals surface area contributed by atoms with Gasteiger partial charge in [0.15, 0.2) is 0 Å².